The van der Waals surface area contributed by atoms with Crippen molar-refractivity contribution in [1.29, 1.82) is 0 Å². The lowest BCUT2D eigenvalue weighted by Gasteiger charge is -2.31. The fourth-order valence-corrected chi connectivity index (χ4v) is 5.49. The average Bonchev–Trinajstić information content (AvgIpc) is 3.34. The summed E-state index contributed by atoms with van der Waals surface area (Å²) < 4.78 is 5.00. The van der Waals surface area contributed by atoms with E-state index < -0.39 is 0 Å². The Balaban J connectivity index is 1.26. The van der Waals surface area contributed by atoms with Gasteiger partial charge in [0.05, 0.1) is 5.01 Å². The Morgan fingerprint density at radius 3 is 2.44 bits per heavy atom. The Labute approximate surface area is 193 Å². The Kier molecular flexibility index (Phi) is 7.43. The molecule has 6 nitrogen and oxygen atoms in total. The van der Waals surface area contributed by atoms with Crippen LogP contribution in [-0.4, -0.2) is 59.6 Å². The van der Waals surface area contributed by atoms with Crippen molar-refractivity contribution >= 4 is 23.3 Å². The molecule has 2 amide bonds. The summed E-state index contributed by atoms with van der Waals surface area (Å²) in [5.41, 5.74) is 1.93. The van der Waals surface area contributed by atoms with Crippen LogP contribution in [-0.2, 0) is 11.2 Å². The zero-order chi connectivity index (χ0) is 22.3. The molecule has 32 heavy (non-hydrogen) atoms. The molecule has 0 aliphatic carbocycles. The maximum atomic E-state index is 13.0. The SMILES string of the molecule is C#CCOC(=O)N1CCC(c2nc(C(=O)N3CCC(Cc4ccccc4)CC3)cs2)CC1. The number of amides is 2. The molecule has 0 saturated carbocycles. The lowest BCUT2D eigenvalue weighted by molar-refractivity contribution is 0.0685. The second-order valence-electron chi connectivity index (χ2n) is 8.52. The monoisotopic (exact) mass is 451 g/mol. The smallest absolute Gasteiger partial charge is 0.410 e. The van der Waals surface area contributed by atoms with E-state index >= 15 is 0 Å². The molecule has 2 aromatic rings. The van der Waals surface area contributed by atoms with Crippen molar-refractivity contribution in [2.24, 2.45) is 5.92 Å². The molecule has 0 N–H and O–H groups in total. The van der Waals surface area contributed by atoms with E-state index in [9.17, 15) is 9.59 Å². The van der Waals surface area contributed by atoms with Gasteiger partial charge in [0.1, 0.15) is 5.69 Å². The van der Waals surface area contributed by atoms with E-state index in [1.165, 1.54) is 5.56 Å². The lowest BCUT2D eigenvalue weighted by Crippen LogP contribution is -2.39. The van der Waals surface area contributed by atoms with E-state index in [-0.39, 0.29) is 24.5 Å². The van der Waals surface area contributed by atoms with Gasteiger partial charge in [-0.1, -0.05) is 36.3 Å². The molecule has 1 aromatic carbocycles. The fraction of sp³-hybridized carbons (Fsp3) is 0.480. The third kappa shape index (κ3) is 5.49. The highest BCUT2D eigenvalue weighted by atomic mass is 32.1. The lowest BCUT2D eigenvalue weighted by atomic mass is 9.90. The van der Waals surface area contributed by atoms with E-state index in [0.717, 1.165) is 50.2 Å². The first-order valence-corrected chi connectivity index (χ1v) is 12.2. The number of carbonyl (C=O) groups excluding carboxylic acids is 2. The maximum Gasteiger partial charge on any atom is 0.410 e. The predicted octanol–water partition coefficient (Wildman–Crippen LogP) is 4.19. The summed E-state index contributed by atoms with van der Waals surface area (Å²) in [4.78, 5) is 33.2. The van der Waals surface area contributed by atoms with Gasteiger partial charge < -0.3 is 14.5 Å². The van der Waals surface area contributed by atoms with Crippen LogP contribution in [0.15, 0.2) is 35.7 Å². The van der Waals surface area contributed by atoms with E-state index in [0.29, 0.717) is 24.7 Å². The molecule has 2 aliphatic heterocycles. The number of ether oxygens (including phenoxy) is 1. The van der Waals surface area contributed by atoms with E-state index in [2.05, 4.69) is 35.2 Å². The predicted molar refractivity (Wildman–Crippen MR) is 125 cm³/mol. The van der Waals surface area contributed by atoms with Gasteiger partial charge >= 0.3 is 6.09 Å². The number of hydrogen-bond donors (Lipinski definition) is 0. The highest BCUT2D eigenvalue weighted by Crippen LogP contribution is 2.31. The largest absolute Gasteiger partial charge is 0.436 e. The number of thiazole rings is 1. The normalized spacial score (nSPS) is 17.7. The van der Waals surface area contributed by atoms with Gasteiger partial charge in [0.25, 0.3) is 5.91 Å². The van der Waals surface area contributed by atoms with Gasteiger partial charge in [-0.25, -0.2) is 9.78 Å². The van der Waals surface area contributed by atoms with Gasteiger partial charge in [-0.2, -0.15) is 0 Å². The zero-order valence-corrected chi connectivity index (χ0v) is 19.1. The highest BCUT2D eigenvalue weighted by Gasteiger charge is 2.29. The van der Waals surface area contributed by atoms with Gasteiger partial charge in [0.15, 0.2) is 6.61 Å². The van der Waals surface area contributed by atoms with Crippen LogP contribution in [0.25, 0.3) is 0 Å². The van der Waals surface area contributed by atoms with E-state index in [4.69, 9.17) is 11.2 Å². The number of likely N-dealkylation sites (tertiary alicyclic amines) is 2. The van der Waals surface area contributed by atoms with Crippen molar-refractivity contribution < 1.29 is 14.3 Å². The first kappa shape index (κ1) is 22.3. The van der Waals surface area contributed by atoms with Crippen molar-refractivity contribution in [2.45, 2.75) is 38.0 Å². The minimum Gasteiger partial charge on any atom is -0.436 e. The standard InChI is InChI=1S/C25H29N3O3S/c1-2-16-31-25(30)28-14-10-21(11-15-28)23-26-22(18-32-23)24(29)27-12-8-20(9-13-27)17-19-6-4-3-5-7-19/h1,3-7,18,20-21H,8-17H2. The number of hydrogen-bond acceptors (Lipinski definition) is 5. The first-order valence-electron chi connectivity index (χ1n) is 11.3. The Morgan fingerprint density at radius 1 is 1.06 bits per heavy atom. The molecule has 2 saturated heterocycles. The van der Waals surface area contributed by atoms with Crippen LogP contribution in [0.1, 0.15) is 52.7 Å². The molecule has 0 radical (unpaired) electrons. The average molecular weight is 452 g/mol. The zero-order valence-electron chi connectivity index (χ0n) is 18.2. The topological polar surface area (TPSA) is 62.7 Å². The van der Waals surface area contributed by atoms with Crippen LogP contribution >= 0.6 is 11.3 Å². The van der Waals surface area contributed by atoms with Gasteiger partial charge in [0, 0.05) is 37.5 Å². The molecule has 1 aromatic heterocycles. The molecule has 0 spiro atoms. The third-order valence-electron chi connectivity index (χ3n) is 6.39. The summed E-state index contributed by atoms with van der Waals surface area (Å²) >= 11 is 1.55. The minimum atomic E-state index is -0.355. The van der Waals surface area contributed by atoms with Gasteiger partial charge in [-0.3, -0.25) is 4.79 Å². The number of piperidine rings is 2. The molecule has 2 fully saturated rings. The number of aromatic nitrogens is 1. The van der Waals surface area contributed by atoms with Gasteiger partial charge in [-0.15, -0.1) is 17.8 Å². The van der Waals surface area contributed by atoms with Crippen LogP contribution in [0.2, 0.25) is 0 Å². The molecule has 3 heterocycles. The summed E-state index contributed by atoms with van der Waals surface area (Å²) in [6.07, 6.45) is 9.57. The summed E-state index contributed by atoms with van der Waals surface area (Å²) in [6.45, 7) is 2.82. The number of nitrogens with zero attached hydrogens (tertiary/aromatic N) is 3. The molecule has 168 valence electrons. The summed E-state index contributed by atoms with van der Waals surface area (Å²) in [6, 6.07) is 10.6. The quantitative estimate of drug-likeness (QED) is 0.640. The molecule has 0 atom stereocenters. The van der Waals surface area contributed by atoms with Gasteiger partial charge in [-0.05, 0) is 43.6 Å². The van der Waals surface area contributed by atoms with Crippen molar-refractivity contribution in [3.63, 3.8) is 0 Å². The van der Waals surface area contributed by atoms with Crippen molar-refractivity contribution in [3.05, 3.63) is 52.0 Å². The highest BCUT2D eigenvalue weighted by molar-refractivity contribution is 7.09. The second kappa shape index (κ2) is 10.6. The van der Waals surface area contributed by atoms with Crippen LogP contribution < -0.4 is 0 Å². The van der Waals surface area contributed by atoms with Crippen LogP contribution in [0.5, 0.6) is 0 Å². The summed E-state index contributed by atoms with van der Waals surface area (Å²) in [5.74, 6) is 3.26. The molecule has 0 unspecified atom stereocenters. The molecular formula is C25H29N3O3S. The summed E-state index contributed by atoms with van der Waals surface area (Å²) in [7, 11) is 0. The summed E-state index contributed by atoms with van der Waals surface area (Å²) in [5, 5.41) is 2.88. The molecule has 0 bridgehead atoms. The minimum absolute atomic E-state index is 0.000214. The Morgan fingerprint density at radius 2 is 1.75 bits per heavy atom. The maximum absolute atomic E-state index is 13.0. The Bertz CT molecular complexity index is 952. The molecule has 7 heteroatoms. The number of carbonyl (C=O) groups is 2. The van der Waals surface area contributed by atoms with E-state index in [1.54, 1.807) is 16.2 Å². The number of benzene rings is 1. The number of rotatable bonds is 5. The van der Waals surface area contributed by atoms with Gasteiger partial charge in [0.2, 0.25) is 0 Å². The van der Waals surface area contributed by atoms with Crippen LogP contribution in [0, 0.1) is 18.3 Å². The third-order valence-corrected chi connectivity index (χ3v) is 7.40. The first-order chi connectivity index (χ1) is 15.6. The van der Waals surface area contributed by atoms with E-state index in [1.807, 2.05) is 16.3 Å². The molecular weight excluding hydrogens is 422 g/mol. The molecule has 4 rings (SSSR count). The van der Waals surface area contributed by atoms with Crippen molar-refractivity contribution in [2.75, 3.05) is 32.8 Å². The number of terminal acetylenes is 1. The Hall–Kier alpha value is -2.85. The van der Waals surface area contributed by atoms with Crippen LogP contribution in [0.3, 0.4) is 0 Å². The van der Waals surface area contributed by atoms with Crippen molar-refractivity contribution in [3.8, 4) is 12.3 Å². The fourth-order valence-electron chi connectivity index (χ4n) is 4.53. The van der Waals surface area contributed by atoms with Crippen molar-refractivity contribution in [1.82, 2.24) is 14.8 Å². The second-order valence-corrected chi connectivity index (χ2v) is 9.41. The molecule has 2 aliphatic rings. The van der Waals surface area contributed by atoms with Crippen LogP contribution in [0.4, 0.5) is 4.79 Å².